The number of hydrogen-bond donors (Lipinski definition) is 2. The van der Waals surface area contributed by atoms with Gasteiger partial charge >= 0.3 is 0 Å². The van der Waals surface area contributed by atoms with Crippen molar-refractivity contribution in [2.45, 2.75) is 33.2 Å². The zero-order chi connectivity index (χ0) is 15.2. The van der Waals surface area contributed by atoms with E-state index in [1.54, 1.807) is 0 Å². The summed E-state index contributed by atoms with van der Waals surface area (Å²) in [7, 11) is 0. The van der Waals surface area contributed by atoms with E-state index >= 15 is 0 Å². The van der Waals surface area contributed by atoms with Crippen molar-refractivity contribution in [1.29, 1.82) is 0 Å². The third kappa shape index (κ3) is 4.31. The molecular weight excluding hydrogens is 260 g/mol. The Balaban J connectivity index is 1.94. The first-order chi connectivity index (χ1) is 10.1. The lowest BCUT2D eigenvalue weighted by Gasteiger charge is -2.18. The highest BCUT2D eigenvalue weighted by Gasteiger charge is 2.10. The van der Waals surface area contributed by atoms with Crippen molar-refractivity contribution in [1.82, 2.24) is 5.43 Å². The van der Waals surface area contributed by atoms with Crippen LogP contribution in [0, 0.1) is 20.8 Å². The van der Waals surface area contributed by atoms with Crippen LogP contribution in [-0.2, 0) is 0 Å². The van der Waals surface area contributed by atoms with Gasteiger partial charge < -0.3 is 4.74 Å². The summed E-state index contributed by atoms with van der Waals surface area (Å²) in [5.41, 5.74) is 7.87. The third-order valence-electron chi connectivity index (χ3n) is 3.80. The molecule has 0 spiro atoms. The summed E-state index contributed by atoms with van der Waals surface area (Å²) < 4.78 is 5.80. The summed E-state index contributed by atoms with van der Waals surface area (Å²) in [6, 6.07) is 14.6. The van der Waals surface area contributed by atoms with Crippen LogP contribution in [0.4, 0.5) is 0 Å². The standard InChI is InChI=1S/C18H24N2O/c1-13-5-4-6-17(11-13)21-10-9-18(20-19)16-8-7-14(2)15(3)12-16/h4-8,11-12,18,20H,9-10,19H2,1-3H3. The van der Waals surface area contributed by atoms with Gasteiger partial charge in [-0.25, -0.2) is 0 Å². The number of nitrogens with one attached hydrogen (secondary N) is 1. The van der Waals surface area contributed by atoms with E-state index in [2.05, 4.69) is 50.5 Å². The molecule has 3 nitrogen and oxygen atoms in total. The van der Waals surface area contributed by atoms with Crippen molar-refractivity contribution in [2.75, 3.05) is 6.61 Å². The first kappa shape index (κ1) is 15.5. The molecule has 1 unspecified atom stereocenters. The Hall–Kier alpha value is -1.84. The Morgan fingerprint density at radius 3 is 2.52 bits per heavy atom. The summed E-state index contributed by atoms with van der Waals surface area (Å²) >= 11 is 0. The smallest absolute Gasteiger partial charge is 0.119 e. The first-order valence-corrected chi connectivity index (χ1v) is 7.33. The van der Waals surface area contributed by atoms with Crippen molar-refractivity contribution >= 4 is 0 Å². The molecule has 3 heteroatoms. The minimum Gasteiger partial charge on any atom is -0.494 e. The minimum atomic E-state index is 0.106. The fourth-order valence-corrected chi connectivity index (χ4v) is 2.33. The van der Waals surface area contributed by atoms with Crippen LogP contribution >= 0.6 is 0 Å². The number of benzene rings is 2. The molecule has 0 aliphatic heterocycles. The van der Waals surface area contributed by atoms with Gasteiger partial charge in [-0.15, -0.1) is 0 Å². The molecule has 2 rings (SSSR count). The van der Waals surface area contributed by atoms with E-state index in [9.17, 15) is 0 Å². The number of hydrazine groups is 1. The lowest BCUT2D eigenvalue weighted by atomic mass is 10.00. The molecule has 0 aliphatic carbocycles. The molecule has 0 saturated carbocycles. The lowest BCUT2D eigenvalue weighted by molar-refractivity contribution is 0.287. The van der Waals surface area contributed by atoms with Gasteiger partial charge in [-0.3, -0.25) is 11.3 Å². The van der Waals surface area contributed by atoms with E-state index in [1.165, 1.54) is 22.3 Å². The first-order valence-electron chi connectivity index (χ1n) is 7.33. The Morgan fingerprint density at radius 2 is 1.86 bits per heavy atom. The van der Waals surface area contributed by atoms with Gasteiger partial charge in [0, 0.05) is 12.5 Å². The van der Waals surface area contributed by atoms with Gasteiger partial charge in [0.25, 0.3) is 0 Å². The number of nitrogens with two attached hydrogens (primary N) is 1. The highest BCUT2D eigenvalue weighted by Crippen LogP contribution is 2.20. The van der Waals surface area contributed by atoms with E-state index in [4.69, 9.17) is 10.6 Å². The average molecular weight is 284 g/mol. The second-order valence-corrected chi connectivity index (χ2v) is 5.52. The summed E-state index contributed by atoms with van der Waals surface area (Å²) in [5.74, 6) is 6.60. The highest BCUT2D eigenvalue weighted by atomic mass is 16.5. The van der Waals surface area contributed by atoms with Crippen LogP contribution in [0.25, 0.3) is 0 Å². The summed E-state index contributed by atoms with van der Waals surface area (Å²) in [6.07, 6.45) is 0.826. The second kappa shape index (κ2) is 7.25. The SMILES string of the molecule is Cc1cccc(OCCC(NN)c2ccc(C)c(C)c2)c1. The van der Waals surface area contributed by atoms with E-state index in [0.29, 0.717) is 6.61 Å². The van der Waals surface area contributed by atoms with Crippen molar-refractivity contribution < 1.29 is 4.74 Å². The summed E-state index contributed by atoms with van der Waals surface area (Å²) in [5, 5.41) is 0. The molecule has 0 aliphatic rings. The van der Waals surface area contributed by atoms with E-state index < -0.39 is 0 Å². The predicted molar refractivity (Wildman–Crippen MR) is 87.3 cm³/mol. The number of hydrogen-bond acceptors (Lipinski definition) is 3. The molecule has 1 atom stereocenters. The largest absolute Gasteiger partial charge is 0.494 e. The maximum Gasteiger partial charge on any atom is 0.119 e. The van der Waals surface area contributed by atoms with Gasteiger partial charge in [0.2, 0.25) is 0 Å². The van der Waals surface area contributed by atoms with Gasteiger partial charge in [-0.1, -0.05) is 30.3 Å². The maximum atomic E-state index is 5.80. The fourth-order valence-electron chi connectivity index (χ4n) is 2.33. The summed E-state index contributed by atoms with van der Waals surface area (Å²) in [6.45, 7) is 6.93. The molecule has 0 bridgehead atoms. The molecule has 0 amide bonds. The van der Waals surface area contributed by atoms with Crippen molar-refractivity contribution in [3.05, 3.63) is 64.7 Å². The van der Waals surface area contributed by atoms with Crippen LogP contribution in [-0.4, -0.2) is 6.61 Å². The molecule has 0 radical (unpaired) electrons. The zero-order valence-electron chi connectivity index (χ0n) is 13.0. The quantitative estimate of drug-likeness (QED) is 0.629. The molecule has 3 N–H and O–H groups in total. The Kier molecular flexibility index (Phi) is 5.37. The molecule has 2 aromatic carbocycles. The maximum absolute atomic E-state index is 5.80. The highest BCUT2D eigenvalue weighted by molar-refractivity contribution is 5.32. The number of aryl methyl sites for hydroxylation is 3. The van der Waals surface area contributed by atoms with E-state index in [-0.39, 0.29) is 6.04 Å². The van der Waals surface area contributed by atoms with Gasteiger partial charge in [0.05, 0.1) is 6.61 Å². The van der Waals surface area contributed by atoms with Gasteiger partial charge in [-0.05, 0) is 55.2 Å². The third-order valence-corrected chi connectivity index (χ3v) is 3.80. The van der Waals surface area contributed by atoms with Crippen molar-refractivity contribution in [3.8, 4) is 5.75 Å². The van der Waals surface area contributed by atoms with Crippen LogP contribution in [0.3, 0.4) is 0 Å². The molecule has 0 heterocycles. The summed E-state index contributed by atoms with van der Waals surface area (Å²) in [4.78, 5) is 0. The monoisotopic (exact) mass is 284 g/mol. The molecule has 2 aromatic rings. The van der Waals surface area contributed by atoms with E-state index in [1.807, 2.05) is 18.2 Å². The van der Waals surface area contributed by atoms with Gasteiger partial charge in [-0.2, -0.15) is 0 Å². The second-order valence-electron chi connectivity index (χ2n) is 5.52. The number of ether oxygens (including phenoxy) is 1. The fraction of sp³-hybridized carbons (Fsp3) is 0.333. The van der Waals surface area contributed by atoms with Crippen molar-refractivity contribution in [2.24, 2.45) is 5.84 Å². The molecule has 0 aromatic heterocycles. The number of rotatable bonds is 6. The molecule has 21 heavy (non-hydrogen) atoms. The normalized spacial score (nSPS) is 12.2. The van der Waals surface area contributed by atoms with Crippen LogP contribution in [0.1, 0.15) is 34.7 Å². The molecule has 0 saturated heterocycles. The Bertz CT molecular complexity index is 596. The zero-order valence-corrected chi connectivity index (χ0v) is 13.0. The topological polar surface area (TPSA) is 47.3 Å². The predicted octanol–water partition coefficient (Wildman–Crippen LogP) is 3.59. The lowest BCUT2D eigenvalue weighted by Crippen LogP contribution is -2.29. The van der Waals surface area contributed by atoms with Crippen LogP contribution in [0.15, 0.2) is 42.5 Å². The van der Waals surface area contributed by atoms with Crippen molar-refractivity contribution in [3.63, 3.8) is 0 Å². The van der Waals surface area contributed by atoms with Gasteiger partial charge in [0.1, 0.15) is 5.75 Å². The Labute approximate surface area is 127 Å². The van der Waals surface area contributed by atoms with E-state index in [0.717, 1.165) is 12.2 Å². The van der Waals surface area contributed by atoms with Crippen LogP contribution < -0.4 is 16.0 Å². The average Bonchev–Trinajstić information content (AvgIpc) is 2.47. The van der Waals surface area contributed by atoms with Gasteiger partial charge in [0.15, 0.2) is 0 Å². The molecule has 0 fully saturated rings. The van der Waals surface area contributed by atoms with Crippen LogP contribution in [0.2, 0.25) is 0 Å². The molecule has 112 valence electrons. The van der Waals surface area contributed by atoms with Crippen LogP contribution in [0.5, 0.6) is 5.75 Å². The molecular formula is C18H24N2O. The Morgan fingerprint density at radius 1 is 1.05 bits per heavy atom. The minimum absolute atomic E-state index is 0.106.